The highest BCUT2D eigenvalue weighted by molar-refractivity contribution is 7.80. The fraction of sp³-hybridized carbons (Fsp3) is 0.800. The molecule has 0 aromatic carbocycles. The molecule has 0 bridgehead atoms. The van der Waals surface area contributed by atoms with E-state index in [1.807, 2.05) is 0 Å². The Balaban J connectivity index is 3.22. The van der Waals surface area contributed by atoms with Gasteiger partial charge in [0.25, 0.3) is 0 Å². The summed E-state index contributed by atoms with van der Waals surface area (Å²) in [6.07, 6.45) is -4.29. The van der Waals surface area contributed by atoms with E-state index >= 15 is 0 Å². The van der Waals surface area contributed by atoms with Crippen LogP contribution in [-0.2, 0) is 4.74 Å². The van der Waals surface area contributed by atoms with Crippen LogP contribution >= 0.6 is 12.2 Å². The maximum atomic E-state index is 11.5. The average molecular weight is 217 g/mol. The van der Waals surface area contributed by atoms with Gasteiger partial charge in [-0.3, -0.25) is 0 Å². The summed E-state index contributed by atoms with van der Waals surface area (Å²) in [5.74, 6) is 4.88. The number of hydrogen-bond donors (Lipinski definition) is 3. The number of hydrazine groups is 1. The van der Waals surface area contributed by atoms with E-state index in [-0.39, 0.29) is 18.3 Å². The normalized spacial score (nSPS) is 11.1. The van der Waals surface area contributed by atoms with Gasteiger partial charge in [0.2, 0.25) is 0 Å². The van der Waals surface area contributed by atoms with E-state index in [1.165, 1.54) is 0 Å². The van der Waals surface area contributed by atoms with Crippen LogP contribution in [0.1, 0.15) is 0 Å². The van der Waals surface area contributed by atoms with Gasteiger partial charge in [0.15, 0.2) is 5.11 Å². The van der Waals surface area contributed by atoms with Crippen LogP contribution in [0.3, 0.4) is 0 Å². The van der Waals surface area contributed by atoms with Crippen LogP contribution in [0.25, 0.3) is 0 Å². The number of alkyl halides is 3. The second-order valence-corrected chi connectivity index (χ2v) is 2.48. The molecule has 0 heterocycles. The number of ether oxygens (including phenoxy) is 1. The zero-order valence-corrected chi connectivity index (χ0v) is 7.47. The second kappa shape index (κ2) is 5.95. The summed E-state index contributed by atoms with van der Waals surface area (Å²) >= 11 is 4.55. The van der Waals surface area contributed by atoms with Gasteiger partial charge in [-0.25, -0.2) is 5.84 Å². The first-order chi connectivity index (χ1) is 5.95. The lowest BCUT2D eigenvalue weighted by atomic mass is 10.6. The number of nitrogens with one attached hydrogen (secondary N) is 2. The van der Waals surface area contributed by atoms with Crippen LogP contribution in [0.2, 0.25) is 0 Å². The maximum absolute atomic E-state index is 11.5. The number of rotatable bonds is 4. The van der Waals surface area contributed by atoms with E-state index in [0.717, 1.165) is 0 Å². The zero-order chi connectivity index (χ0) is 10.3. The number of halogens is 3. The van der Waals surface area contributed by atoms with Gasteiger partial charge in [-0.05, 0) is 12.2 Å². The molecule has 0 saturated heterocycles. The molecular formula is C5H10F3N3OS. The molecule has 0 spiro atoms. The second-order valence-electron chi connectivity index (χ2n) is 2.07. The minimum absolute atomic E-state index is 0.0820. The standard InChI is InChI=1S/C5H10F3N3OS/c6-5(7,8)3-12-2-1-10-4(13)11-9/h1-3,9H2,(H2,10,11,13). The molecule has 78 valence electrons. The Morgan fingerprint density at radius 3 is 2.54 bits per heavy atom. The third kappa shape index (κ3) is 9.31. The summed E-state index contributed by atoms with van der Waals surface area (Å²) in [6, 6.07) is 0. The van der Waals surface area contributed by atoms with Gasteiger partial charge in [-0.15, -0.1) is 0 Å². The number of nitrogens with two attached hydrogens (primary N) is 1. The predicted molar refractivity (Wildman–Crippen MR) is 44.8 cm³/mol. The Labute approximate surface area is 78.6 Å². The highest BCUT2D eigenvalue weighted by Gasteiger charge is 2.27. The van der Waals surface area contributed by atoms with Crippen LogP contribution in [0, 0.1) is 0 Å². The van der Waals surface area contributed by atoms with Crippen molar-refractivity contribution < 1.29 is 17.9 Å². The SMILES string of the molecule is NNC(=S)NCCOCC(F)(F)F. The highest BCUT2D eigenvalue weighted by Crippen LogP contribution is 2.13. The van der Waals surface area contributed by atoms with Crippen molar-refractivity contribution >= 4 is 17.3 Å². The van der Waals surface area contributed by atoms with Gasteiger partial charge in [0, 0.05) is 6.54 Å². The van der Waals surface area contributed by atoms with Gasteiger partial charge in [-0.2, -0.15) is 13.2 Å². The Hall–Kier alpha value is -0.600. The smallest absolute Gasteiger partial charge is 0.370 e. The summed E-state index contributed by atoms with van der Waals surface area (Å²) in [7, 11) is 0. The third-order valence-corrected chi connectivity index (χ3v) is 1.19. The molecule has 4 nitrogen and oxygen atoms in total. The Morgan fingerprint density at radius 2 is 2.08 bits per heavy atom. The lowest BCUT2D eigenvalue weighted by Crippen LogP contribution is -2.41. The summed E-state index contributed by atoms with van der Waals surface area (Å²) in [4.78, 5) is 0. The van der Waals surface area contributed by atoms with Crippen molar-refractivity contribution in [3.63, 3.8) is 0 Å². The van der Waals surface area contributed by atoms with Gasteiger partial charge in [-0.1, -0.05) is 0 Å². The van der Waals surface area contributed by atoms with Crippen LogP contribution < -0.4 is 16.6 Å². The molecule has 0 aliphatic heterocycles. The van der Waals surface area contributed by atoms with Crippen LogP contribution in [-0.4, -0.2) is 31.0 Å². The van der Waals surface area contributed by atoms with Crippen LogP contribution in [0.4, 0.5) is 13.2 Å². The van der Waals surface area contributed by atoms with Crippen molar-refractivity contribution in [3.8, 4) is 0 Å². The molecule has 0 saturated carbocycles. The Morgan fingerprint density at radius 1 is 1.46 bits per heavy atom. The minimum atomic E-state index is -4.29. The number of hydrogen-bond acceptors (Lipinski definition) is 3. The topological polar surface area (TPSA) is 59.3 Å². The predicted octanol–water partition coefficient (Wildman–Crippen LogP) is -0.0969. The molecular weight excluding hydrogens is 207 g/mol. The largest absolute Gasteiger partial charge is 0.411 e. The average Bonchev–Trinajstić information content (AvgIpc) is 2.01. The van der Waals surface area contributed by atoms with Crippen molar-refractivity contribution in [2.45, 2.75) is 6.18 Å². The monoisotopic (exact) mass is 217 g/mol. The maximum Gasteiger partial charge on any atom is 0.411 e. The van der Waals surface area contributed by atoms with Crippen molar-refractivity contribution in [2.24, 2.45) is 5.84 Å². The van der Waals surface area contributed by atoms with Gasteiger partial charge < -0.3 is 15.5 Å². The first-order valence-electron chi connectivity index (χ1n) is 3.34. The Bertz CT molecular complexity index is 164. The molecule has 0 atom stereocenters. The summed E-state index contributed by atoms with van der Waals surface area (Å²) < 4.78 is 38.8. The molecule has 0 amide bonds. The van der Waals surface area contributed by atoms with Crippen molar-refractivity contribution in [1.82, 2.24) is 10.7 Å². The van der Waals surface area contributed by atoms with E-state index in [2.05, 4.69) is 27.7 Å². The van der Waals surface area contributed by atoms with Crippen molar-refractivity contribution in [2.75, 3.05) is 19.8 Å². The highest BCUT2D eigenvalue weighted by atomic mass is 32.1. The summed E-state index contributed by atoms with van der Waals surface area (Å²) in [5, 5.41) is 2.68. The lowest BCUT2D eigenvalue weighted by molar-refractivity contribution is -0.173. The van der Waals surface area contributed by atoms with Gasteiger partial charge >= 0.3 is 6.18 Å². The van der Waals surface area contributed by atoms with E-state index in [9.17, 15) is 13.2 Å². The molecule has 0 aromatic heterocycles. The molecule has 13 heavy (non-hydrogen) atoms. The van der Waals surface area contributed by atoms with Crippen molar-refractivity contribution in [1.29, 1.82) is 0 Å². The molecule has 0 radical (unpaired) electrons. The minimum Gasteiger partial charge on any atom is -0.370 e. The van der Waals surface area contributed by atoms with E-state index in [4.69, 9.17) is 5.84 Å². The molecule has 4 N–H and O–H groups in total. The molecule has 0 unspecified atom stereocenters. The third-order valence-electron chi connectivity index (χ3n) is 0.929. The van der Waals surface area contributed by atoms with Gasteiger partial charge in [0.1, 0.15) is 6.61 Å². The lowest BCUT2D eigenvalue weighted by Gasteiger charge is -2.09. The summed E-state index contributed by atoms with van der Waals surface area (Å²) in [6.45, 7) is -1.15. The first kappa shape index (κ1) is 12.4. The fourth-order valence-electron chi connectivity index (χ4n) is 0.476. The Kier molecular flexibility index (Phi) is 5.67. The molecule has 0 aromatic rings. The van der Waals surface area contributed by atoms with E-state index in [0.29, 0.717) is 0 Å². The van der Waals surface area contributed by atoms with Crippen LogP contribution in [0.5, 0.6) is 0 Å². The van der Waals surface area contributed by atoms with Crippen LogP contribution in [0.15, 0.2) is 0 Å². The first-order valence-corrected chi connectivity index (χ1v) is 3.75. The quantitative estimate of drug-likeness (QED) is 0.266. The molecule has 8 heteroatoms. The molecule has 0 aliphatic rings. The summed E-state index contributed by atoms with van der Waals surface area (Å²) in [5.41, 5.74) is 2.11. The van der Waals surface area contributed by atoms with Gasteiger partial charge in [0.05, 0.1) is 6.61 Å². The zero-order valence-electron chi connectivity index (χ0n) is 6.65. The molecule has 0 fully saturated rings. The fourth-order valence-corrected chi connectivity index (χ4v) is 0.578. The van der Waals surface area contributed by atoms with Crippen molar-refractivity contribution in [3.05, 3.63) is 0 Å². The van der Waals surface area contributed by atoms with E-state index in [1.54, 1.807) is 0 Å². The number of thiocarbonyl (C=S) groups is 1. The molecule has 0 rings (SSSR count). The van der Waals surface area contributed by atoms with E-state index < -0.39 is 12.8 Å². The molecule has 0 aliphatic carbocycles.